The lowest BCUT2D eigenvalue weighted by molar-refractivity contribution is -0.133. The van der Waals surface area contributed by atoms with Gasteiger partial charge in [-0.1, -0.05) is 0 Å². The lowest BCUT2D eigenvalue weighted by Crippen LogP contribution is -2.48. The molecule has 1 saturated heterocycles. The van der Waals surface area contributed by atoms with E-state index >= 15 is 0 Å². The Kier molecular flexibility index (Phi) is 3.59. The highest BCUT2D eigenvalue weighted by Crippen LogP contribution is 2.17. The number of nitrogens with zero attached hydrogens (tertiary/aromatic N) is 4. The molecule has 0 bridgehead atoms. The number of aromatic nitrogens is 2. The summed E-state index contributed by atoms with van der Waals surface area (Å²) in [5, 5.41) is 0. The molecule has 1 amide bonds. The number of halogens is 2. The van der Waals surface area contributed by atoms with Crippen molar-refractivity contribution in [2.75, 3.05) is 33.2 Å². The Hall–Kier alpha value is -2.02. The number of rotatable bonds is 2. The second-order valence-electron chi connectivity index (χ2n) is 5.31. The van der Waals surface area contributed by atoms with Gasteiger partial charge in [0.25, 0.3) is 0 Å². The van der Waals surface area contributed by atoms with Gasteiger partial charge in [0, 0.05) is 38.3 Å². The third-order valence-electron chi connectivity index (χ3n) is 3.82. The first-order valence-electron chi connectivity index (χ1n) is 6.81. The molecule has 0 saturated carbocycles. The smallest absolute Gasteiger partial charge is 0.242 e. The molecule has 3 rings (SSSR count). The number of piperazine rings is 1. The van der Waals surface area contributed by atoms with Crippen LogP contribution in [0.4, 0.5) is 8.78 Å². The lowest BCUT2D eigenvalue weighted by Gasteiger charge is -2.32. The highest BCUT2D eigenvalue weighted by atomic mass is 19.2. The molecule has 1 aliphatic heterocycles. The summed E-state index contributed by atoms with van der Waals surface area (Å²) in [7, 11) is 2.02. The number of fused-ring (bicyclic) bond motifs is 1. The molecule has 0 radical (unpaired) electrons. The van der Waals surface area contributed by atoms with Crippen molar-refractivity contribution in [3.63, 3.8) is 0 Å². The van der Waals surface area contributed by atoms with Crippen molar-refractivity contribution >= 4 is 16.9 Å². The van der Waals surface area contributed by atoms with Gasteiger partial charge in [-0.2, -0.15) is 0 Å². The summed E-state index contributed by atoms with van der Waals surface area (Å²) < 4.78 is 28.0. The Morgan fingerprint density at radius 2 is 1.86 bits per heavy atom. The topological polar surface area (TPSA) is 41.4 Å². The fourth-order valence-electron chi connectivity index (χ4n) is 2.48. The Morgan fingerprint density at radius 1 is 1.19 bits per heavy atom. The molecule has 0 spiro atoms. The number of carbonyl (C=O) groups is 1. The molecule has 0 atom stereocenters. The van der Waals surface area contributed by atoms with Crippen molar-refractivity contribution in [1.82, 2.24) is 19.4 Å². The van der Waals surface area contributed by atoms with E-state index in [2.05, 4.69) is 9.88 Å². The minimum absolute atomic E-state index is 0.0351. The van der Waals surface area contributed by atoms with Gasteiger partial charge < -0.3 is 14.4 Å². The van der Waals surface area contributed by atoms with Crippen LogP contribution in [0.5, 0.6) is 0 Å². The summed E-state index contributed by atoms with van der Waals surface area (Å²) in [4.78, 5) is 20.2. The van der Waals surface area contributed by atoms with E-state index in [1.54, 1.807) is 9.47 Å². The fraction of sp³-hybridized carbons (Fsp3) is 0.429. The van der Waals surface area contributed by atoms with E-state index in [9.17, 15) is 13.6 Å². The monoisotopic (exact) mass is 294 g/mol. The number of carbonyl (C=O) groups excluding carboxylic acids is 1. The molecule has 1 aromatic carbocycles. The van der Waals surface area contributed by atoms with Gasteiger partial charge in [0.05, 0.1) is 17.4 Å². The molecule has 1 fully saturated rings. The summed E-state index contributed by atoms with van der Waals surface area (Å²) in [6, 6.07) is 2.12. The zero-order chi connectivity index (χ0) is 15.0. The van der Waals surface area contributed by atoms with Crippen molar-refractivity contribution < 1.29 is 13.6 Å². The number of imidazole rings is 1. The molecular weight excluding hydrogens is 278 g/mol. The van der Waals surface area contributed by atoms with Crippen molar-refractivity contribution in [3.8, 4) is 0 Å². The highest BCUT2D eigenvalue weighted by molar-refractivity contribution is 5.80. The molecule has 1 aliphatic rings. The highest BCUT2D eigenvalue weighted by Gasteiger charge is 2.20. The summed E-state index contributed by atoms with van der Waals surface area (Å²) in [5.74, 6) is -1.90. The minimum Gasteiger partial charge on any atom is -0.339 e. The van der Waals surface area contributed by atoms with Crippen LogP contribution >= 0.6 is 0 Å². The van der Waals surface area contributed by atoms with Crippen LogP contribution in [0.3, 0.4) is 0 Å². The zero-order valence-electron chi connectivity index (χ0n) is 11.7. The first-order chi connectivity index (χ1) is 10.0. The minimum atomic E-state index is -0.934. The number of amides is 1. The van der Waals surface area contributed by atoms with Crippen LogP contribution in [-0.2, 0) is 11.3 Å². The molecule has 21 heavy (non-hydrogen) atoms. The van der Waals surface area contributed by atoms with Crippen LogP contribution in [-0.4, -0.2) is 58.5 Å². The van der Waals surface area contributed by atoms with Gasteiger partial charge in [-0.15, -0.1) is 0 Å². The first-order valence-corrected chi connectivity index (χ1v) is 6.81. The van der Waals surface area contributed by atoms with Gasteiger partial charge >= 0.3 is 0 Å². The normalized spacial score (nSPS) is 16.6. The molecule has 0 N–H and O–H groups in total. The third-order valence-corrected chi connectivity index (χ3v) is 3.82. The van der Waals surface area contributed by atoms with Crippen LogP contribution in [0.2, 0.25) is 0 Å². The van der Waals surface area contributed by atoms with Gasteiger partial charge in [-0.3, -0.25) is 4.79 Å². The molecule has 5 nitrogen and oxygen atoms in total. The predicted octanol–water partition coefficient (Wildman–Crippen LogP) is 1.09. The standard InChI is InChI=1S/C14H16F2N4O/c1-18-2-4-19(5-3-18)14(21)8-20-9-17-12-6-10(15)11(16)7-13(12)20/h6-7,9H,2-5,8H2,1H3. The summed E-state index contributed by atoms with van der Waals surface area (Å²) in [5.41, 5.74) is 0.774. The number of likely N-dealkylation sites (N-methyl/N-ethyl adjacent to an activating group) is 1. The molecule has 1 aromatic heterocycles. The van der Waals surface area contributed by atoms with Gasteiger partial charge in [0.1, 0.15) is 6.54 Å². The van der Waals surface area contributed by atoms with Crippen LogP contribution in [0, 0.1) is 11.6 Å². The average Bonchev–Trinajstić information content (AvgIpc) is 2.82. The number of benzene rings is 1. The van der Waals surface area contributed by atoms with Crippen LogP contribution in [0.25, 0.3) is 11.0 Å². The maximum atomic E-state index is 13.3. The Morgan fingerprint density at radius 3 is 2.57 bits per heavy atom. The molecule has 0 unspecified atom stereocenters. The van der Waals surface area contributed by atoms with Crippen molar-refractivity contribution in [1.29, 1.82) is 0 Å². The van der Waals surface area contributed by atoms with E-state index in [-0.39, 0.29) is 12.5 Å². The van der Waals surface area contributed by atoms with Gasteiger partial charge in [-0.05, 0) is 7.05 Å². The van der Waals surface area contributed by atoms with E-state index < -0.39 is 11.6 Å². The molecule has 0 aliphatic carbocycles. The number of hydrogen-bond donors (Lipinski definition) is 0. The molecular formula is C14H16F2N4O. The van der Waals surface area contributed by atoms with E-state index in [1.807, 2.05) is 7.05 Å². The maximum Gasteiger partial charge on any atom is 0.242 e. The van der Waals surface area contributed by atoms with E-state index in [0.29, 0.717) is 24.1 Å². The zero-order valence-corrected chi connectivity index (χ0v) is 11.7. The summed E-state index contributed by atoms with van der Waals surface area (Å²) in [6.07, 6.45) is 1.44. The van der Waals surface area contributed by atoms with E-state index in [1.165, 1.54) is 6.33 Å². The van der Waals surface area contributed by atoms with Crippen molar-refractivity contribution in [3.05, 3.63) is 30.1 Å². The van der Waals surface area contributed by atoms with Crippen molar-refractivity contribution in [2.45, 2.75) is 6.54 Å². The Labute approximate surface area is 120 Å². The van der Waals surface area contributed by atoms with Gasteiger partial charge in [0.15, 0.2) is 11.6 Å². The Balaban J connectivity index is 1.78. The number of hydrogen-bond acceptors (Lipinski definition) is 3. The van der Waals surface area contributed by atoms with E-state index in [0.717, 1.165) is 25.2 Å². The van der Waals surface area contributed by atoms with E-state index in [4.69, 9.17) is 0 Å². The van der Waals surface area contributed by atoms with Crippen molar-refractivity contribution in [2.24, 2.45) is 0 Å². The third kappa shape index (κ3) is 2.73. The molecule has 2 aromatic rings. The van der Waals surface area contributed by atoms with Gasteiger partial charge in [0.2, 0.25) is 5.91 Å². The quantitative estimate of drug-likeness (QED) is 0.832. The van der Waals surface area contributed by atoms with Crippen LogP contribution in [0.15, 0.2) is 18.5 Å². The van der Waals surface area contributed by atoms with Crippen LogP contribution in [0.1, 0.15) is 0 Å². The fourth-order valence-corrected chi connectivity index (χ4v) is 2.48. The molecule has 112 valence electrons. The van der Waals surface area contributed by atoms with Crippen LogP contribution < -0.4 is 0 Å². The lowest BCUT2D eigenvalue weighted by atomic mass is 10.3. The molecule has 7 heteroatoms. The second kappa shape index (κ2) is 5.40. The average molecular weight is 294 g/mol. The summed E-state index contributed by atoms with van der Waals surface area (Å²) >= 11 is 0. The maximum absolute atomic E-state index is 13.3. The predicted molar refractivity (Wildman–Crippen MR) is 73.7 cm³/mol. The SMILES string of the molecule is CN1CCN(C(=O)Cn2cnc3cc(F)c(F)cc32)CC1. The summed E-state index contributed by atoms with van der Waals surface area (Å²) in [6.45, 7) is 3.15. The second-order valence-corrected chi connectivity index (χ2v) is 5.31. The first kappa shape index (κ1) is 13.9. The molecule has 2 heterocycles. The largest absolute Gasteiger partial charge is 0.339 e. The van der Waals surface area contributed by atoms with Gasteiger partial charge in [-0.25, -0.2) is 13.8 Å². The Bertz CT molecular complexity index is 677.